The van der Waals surface area contributed by atoms with Gasteiger partial charge in [0.25, 0.3) is 0 Å². The molecule has 0 saturated carbocycles. The number of aromatic nitrogens is 2. The number of alkyl halides is 4. The van der Waals surface area contributed by atoms with Crippen molar-refractivity contribution >= 4 is 0 Å². The van der Waals surface area contributed by atoms with E-state index in [0.717, 1.165) is 0 Å². The second kappa shape index (κ2) is 3.97. The van der Waals surface area contributed by atoms with Gasteiger partial charge in [0.1, 0.15) is 6.67 Å². The summed E-state index contributed by atoms with van der Waals surface area (Å²) in [6.07, 6.45) is -4.33. The molecular formula is C9H9F4N3. The number of rotatable bonds is 1. The van der Waals surface area contributed by atoms with E-state index in [1.165, 1.54) is 0 Å². The first-order chi connectivity index (χ1) is 7.52. The molecule has 0 unspecified atom stereocenters. The van der Waals surface area contributed by atoms with Crippen molar-refractivity contribution in [3.8, 4) is 0 Å². The molecule has 2 heterocycles. The van der Waals surface area contributed by atoms with Gasteiger partial charge >= 0.3 is 6.18 Å². The Kier molecular flexibility index (Phi) is 2.79. The quantitative estimate of drug-likeness (QED) is 0.751. The second-order valence-electron chi connectivity index (χ2n) is 3.47. The fraction of sp³-hybridized carbons (Fsp3) is 0.556. The van der Waals surface area contributed by atoms with Crippen molar-refractivity contribution in [1.82, 2.24) is 15.3 Å². The van der Waals surface area contributed by atoms with Crippen LogP contribution < -0.4 is 5.32 Å². The predicted molar refractivity (Wildman–Crippen MR) is 47.3 cm³/mol. The number of fused-ring (bicyclic) bond motifs is 1. The second-order valence-corrected chi connectivity index (χ2v) is 3.47. The van der Waals surface area contributed by atoms with Gasteiger partial charge in [0.15, 0.2) is 11.5 Å². The molecule has 0 aromatic carbocycles. The highest BCUT2D eigenvalue weighted by Gasteiger charge is 2.37. The van der Waals surface area contributed by atoms with E-state index < -0.39 is 24.4 Å². The molecule has 1 aliphatic rings. The zero-order chi connectivity index (χ0) is 11.8. The summed E-state index contributed by atoms with van der Waals surface area (Å²) in [4.78, 5) is 6.99. The highest BCUT2D eigenvalue weighted by Crippen LogP contribution is 2.32. The van der Waals surface area contributed by atoms with Crippen molar-refractivity contribution in [2.24, 2.45) is 0 Å². The van der Waals surface area contributed by atoms with Crippen molar-refractivity contribution in [2.75, 3.05) is 6.54 Å². The van der Waals surface area contributed by atoms with E-state index >= 15 is 0 Å². The van der Waals surface area contributed by atoms with Gasteiger partial charge in [-0.3, -0.25) is 0 Å². The Balaban J connectivity index is 2.56. The molecule has 0 radical (unpaired) electrons. The van der Waals surface area contributed by atoms with E-state index in [1.807, 2.05) is 0 Å². The van der Waals surface area contributed by atoms with Gasteiger partial charge in [-0.25, -0.2) is 14.4 Å². The lowest BCUT2D eigenvalue weighted by Gasteiger charge is -2.20. The van der Waals surface area contributed by atoms with Crippen LogP contribution in [0.3, 0.4) is 0 Å². The summed E-state index contributed by atoms with van der Waals surface area (Å²) < 4.78 is 50.3. The summed E-state index contributed by atoms with van der Waals surface area (Å²) in [7, 11) is 0. The molecule has 1 N–H and O–H groups in total. The van der Waals surface area contributed by atoms with E-state index in [2.05, 4.69) is 15.3 Å². The standard InChI is InChI=1S/C9H9F4N3/c10-3-7-15-6-4-14-2-1-5(6)8(16-7)9(11,12)13/h14H,1-4H2. The van der Waals surface area contributed by atoms with Gasteiger partial charge in [0, 0.05) is 12.1 Å². The molecule has 0 atom stereocenters. The monoisotopic (exact) mass is 235 g/mol. The molecule has 2 rings (SSSR count). The number of nitrogens with zero attached hydrogens (tertiary/aromatic N) is 2. The average Bonchev–Trinajstić information content (AvgIpc) is 2.26. The molecular weight excluding hydrogens is 226 g/mol. The van der Waals surface area contributed by atoms with Crippen LogP contribution in [-0.4, -0.2) is 16.5 Å². The Bertz CT molecular complexity index is 402. The maximum absolute atomic E-state index is 12.7. The maximum Gasteiger partial charge on any atom is 0.433 e. The third-order valence-electron chi connectivity index (χ3n) is 2.37. The third-order valence-corrected chi connectivity index (χ3v) is 2.37. The smallest absolute Gasteiger partial charge is 0.311 e. The molecule has 3 nitrogen and oxygen atoms in total. The molecule has 0 amide bonds. The minimum atomic E-state index is -4.55. The number of hydrogen-bond donors (Lipinski definition) is 1. The van der Waals surface area contributed by atoms with Crippen LogP contribution in [0.4, 0.5) is 17.6 Å². The molecule has 1 aromatic heterocycles. The molecule has 1 aromatic rings. The van der Waals surface area contributed by atoms with E-state index in [0.29, 0.717) is 6.54 Å². The van der Waals surface area contributed by atoms with Crippen LogP contribution in [0.15, 0.2) is 0 Å². The fourth-order valence-corrected chi connectivity index (χ4v) is 1.70. The van der Waals surface area contributed by atoms with Gasteiger partial charge in [-0.05, 0) is 13.0 Å². The van der Waals surface area contributed by atoms with E-state index in [1.54, 1.807) is 0 Å². The molecule has 0 bridgehead atoms. The number of hydrogen-bond acceptors (Lipinski definition) is 3. The Morgan fingerprint density at radius 2 is 2.00 bits per heavy atom. The van der Waals surface area contributed by atoms with Crippen LogP contribution in [0, 0.1) is 0 Å². The van der Waals surface area contributed by atoms with E-state index in [-0.39, 0.29) is 24.2 Å². The van der Waals surface area contributed by atoms with Gasteiger partial charge in [-0.1, -0.05) is 0 Å². The summed E-state index contributed by atoms with van der Waals surface area (Å²) in [5, 5.41) is 2.89. The summed E-state index contributed by atoms with van der Waals surface area (Å²) in [6, 6.07) is 0. The van der Waals surface area contributed by atoms with Crippen LogP contribution in [-0.2, 0) is 25.8 Å². The Morgan fingerprint density at radius 1 is 1.25 bits per heavy atom. The molecule has 0 spiro atoms. The summed E-state index contributed by atoms with van der Waals surface area (Å²) in [5.74, 6) is -0.408. The van der Waals surface area contributed by atoms with Crippen LogP contribution in [0.1, 0.15) is 22.8 Å². The van der Waals surface area contributed by atoms with Crippen LogP contribution in [0.2, 0.25) is 0 Å². The lowest BCUT2D eigenvalue weighted by Crippen LogP contribution is -2.29. The molecule has 0 fully saturated rings. The first-order valence-corrected chi connectivity index (χ1v) is 4.75. The highest BCUT2D eigenvalue weighted by molar-refractivity contribution is 5.30. The van der Waals surface area contributed by atoms with Crippen LogP contribution in [0.25, 0.3) is 0 Å². The van der Waals surface area contributed by atoms with Gasteiger partial charge in [0.2, 0.25) is 0 Å². The predicted octanol–water partition coefficient (Wildman–Crippen LogP) is 1.61. The van der Waals surface area contributed by atoms with Crippen LogP contribution >= 0.6 is 0 Å². The Morgan fingerprint density at radius 3 is 2.62 bits per heavy atom. The fourth-order valence-electron chi connectivity index (χ4n) is 1.70. The molecule has 88 valence electrons. The third kappa shape index (κ3) is 1.99. The minimum absolute atomic E-state index is 0.0865. The normalized spacial score (nSPS) is 16.0. The SMILES string of the molecule is FCc1nc2c(c(C(F)(F)F)n1)CCNC2. The van der Waals surface area contributed by atoms with Gasteiger partial charge in [-0.15, -0.1) is 0 Å². The highest BCUT2D eigenvalue weighted by atomic mass is 19.4. The number of nitrogens with one attached hydrogen (secondary N) is 1. The summed E-state index contributed by atoms with van der Waals surface area (Å²) in [6.45, 7) is -0.404. The molecule has 1 aliphatic heterocycles. The van der Waals surface area contributed by atoms with Crippen molar-refractivity contribution in [1.29, 1.82) is 0 Å². The minimum Gasteiger partial charge on any atom is -0.311 e. The topological polar surface area (TPSA) is 37.8 Å². The van der Waals surface area contributed by atoms with E-state index in [4.69, 9.17) is 0 Å². The zero-order valence-electron chi connectivity index (χ0n) is 8.23. The maximum atomic E-state index is 12.7. The van der Waals surface area contributed by atoms with E-state index in [9.17, 15) is 17.6 Å². The van der Waals surface area contributed by atoms with Crippen LogP contribution in [0.5, 0.6) is 0 Å². The molecule has 7 heteroatoms. The summed E-state index contributed by atoms with van der Waals surface area (Å²) in [5.41, 5.74) is -0.656. The lowest BCUT2D eigenvalue weighted by molar-refractivity contribution is -0.142. The van der Waals surface area contributed by atoms with Gasteiger partial charge < -0.3 is 5.32 Å². The van der Waals surface area contributed by atoms with Gasteiger partial charge in [0.05, 0.1) is 5.69 Å². The summed E-state index contributed by atoms with van der Waals surface area (Å²) >= 11 is 0. The largest absolute Gasteiger partial charge is 0.433 e. The molecule has 0 saturated heterocycles. The van der Waals surface area contributed by atoms with Gasteiger partial charge in [-0.2, -0.15) is 13.2 Å². The molecule has 16 heavy (non-hydrogen) atoms. The Hall–Kier alpha value is -1.24. The van der Waals surface area contributed by atoms with Crippen molar-refractivity contribution in [3.63, 3.8) is 0 Å². The Labute approximate surface area is 88.9 Å². The first kappa shape index (κ1) is 11.3. The van der Waals surface area contributed by atoms with Crippen molar-refractivity contribution in [3.05, 3.63) is 22.8 Å². The molecule has 0 aliphatic carbocycles. The average molecular weight is 235 g/mol. The zero-order valence-corrected chi connectivity index (χ0v) is 8.23. The first-order valence-electron chi connectivity index (χ1n) is 4.75. The van der Waals surface area contributed by atoms with Crippen molar-refractivity contribution < 1.29 is 17.6 Å². The lowest BCUT2D eigenvalue weighted by atomic mass is 10.0. The van der Waals surface area contributed by atoms with Crippen molar-refractivity contribution in [2.45, 2.75) is 25.8 Å². The number of halogens is 4.